The molecule has 2 radical (unpaired) electrons. The normalized spacial score (nSPS) is 20.6. The molecule has 1 unspecified atom stereocenters. The topological polar surface area (TPSA) is 21.3 Å². The average molecular weight is 159 g/mol. The minimum absolute atomic E-state index is 0.360. The highest BCUT2D eigenvalue weighted by Crippen LogP contribution is 2.26. The molecule has 0 aliphatic carbocycles. The van der Waals surface area contributed by atoms with Crippen molar-refractivity contribution in [3.05, 3.63) is 18.2 Å². The van der Waals surface area contributed by atoms with Crippen LogP contribution in [-0.2, 0) is 0 Å². The van der Waals surface area contributed by atoms with Crippen molar-refractivity contribution >= 4 is 19.0 Å². The number of ether oxygens (including phenoxy) is 1. The van der Waals surface area contributed by atoms with Crippen molar-refractivity contribution in [3.8, 4) is 5.75 Å². The number of nitrogens with one attached hydrogen (secondary N) is 1. The minimum atomic E-state index is 0.360. The van der Waals surface area contributed by atoms with E-state index in [9.17, 15) is 0 Å². The molecule has 2 nitrogen and oxygen atoms in total. The van der Waals surface area contributed by atoms with Gasteiger partial charge in [0.25, 0.3) is 0 Å². The van der Waals surface area contributed by atoms with E-state index in [1.54, 1.807) is 0 Å². The van der Waals surface area contributed by atoms with Gasteiger partial charge in [-0.2, -0.15) is 0 Å². The zero-order chi connectivity index (χ0) is 8.55. The molecule has 60 valence electrons. The van der Waals surface area contributed by atoms with Crippen LogP contribution in [-0.4, -0.2) is 20.5 Å². The Morgan fingerprint density at radius 2 is 2.42 bits per heavy atom. The van der Waals surface area contributed by atoms with Gasteiger partial charge in [0.05, 0.1) is 11.7 Å². The number of hydrogen-bond acceptors (Lipinski definition) is 2. The summed E-state index contributed by atoms with van der Waals surface area (Å²) in [6.45, 7) is 2.79. The summed E-state index contributed by atoms with van der Waals surface area (Å²) in [4.78, 5) is 0. The first kappa shape index (κ1) is 7.53. The molecule has 2 rings (SSSR count). The molecule has 0 bridgehead atoms. The van der Waals surface area contributed by atoms with Gasteiger partial charge in [0.1, 0.15) is 20.2 Å². The molecule has 1 aromatic rings. The molecule has 0 fully saturated rings. The zero-order valence-corrected chi connectivity index (χ0v) is 7.00. The summed E-state index contributed by atoms with van der Waals surface area (Å²) in [5.41, 5.74) is 1.76. The third kappa shape index (κ3) is 1.27. The van der Waals surface area contributed by atoms with Crippen molar-refractivity contribution in [2.75, 3.05) is 11.9 Å². The van der Waals surface area contributed by atoms with Crippen LogP contribution in [0.25, 0.3) is 0 Å². The second kappa shape index (κ2) is 2.74. The summed E-state index contributed by atoms with van der Waals surface area (Å²) < 4.78 is 5.47. The van der Waals surface area contributed by atoms with E-state index in [0.717, 1.165) is 23.5 Å². The lowest BCUT2D eigenvalue weighted by Gasteiger charge is -2.24. The van der Waals surface area contributed by atoms with Crippen LogP contribution >= 0.6 is 0 Å². The van der Waals surface area contributed by atoms with Crippen molar-refractivity contribution < 1.29 is 4.74 Å². The predicted molar refractivity (Wildman–Crippen MR) is 50.4 cm³/mol. The first-order valence-electron chi connectivity index (χ1n) is 4.04. The summed E-state index contributed by atoms with van der Waals surface area (Å²) in [7, 11) is 5.63. The van der Waals surface area contributed by atoms with Crippen LogP contribution in [0, 0.1) is 0 Å². The summed E-state index contributed by atoms with van der Waals surface area (Å²) in [6.07, 6.45) is 0. The van der Waals surface area contributed by atoms with Gasteiger partial charge >= 0.3 is 0 Å². The molecule has 0 saturated heterocycles. The first-order valence-corrected chi connectivity index (χ1v) is 4.04. The Bertz CT molecular complexity index is 301. The van der Waals surface area contributed by atoms with E-state index in [0.29, 0.717) is 6.04 Å². The second-order valence-corrected chi connectivity index (χ2v) is 3.11. The summed E-state index contributed by atoms with van der Waals surface area (Å²) in [5, 5.41) is 3.30. The predicted octanol–water partition coefficient (Wildman–Crippen LogP) is 0.673. The van der Waals surface area contributed by atoms with Crippen LogP contribution in [0.4, 0.5) is 5.69 Å². The number of hydrogen-bond donors (Lipinski definition) is 1. The van der Waals surface area contributed by atoms with Crippen molar-refractivity contribution in [1.29, 1.82) is 0 Å². The van der Waals surface area contributed by atoms with Gasteiger partial charge < -0.3 is 10.1 Å². The van der Waals surface area contributed by atoms with E-state index in [1.807, 2.05) is 18.2 Å². The molecule has 1 aromatic carbocycles. The first-order chi connectivity index (χ1) is 5.75. The molecule has 0 amide bonds. The van der Waals surface area contributed by atoms with Crippen molar-refractivity contribution in [3.63, 3.8) is 0 Å². The number of anilines is 1. The Morgan fingerprint density at radius 3 is 3.25 bits per heavy atom. The monoisotopic (exact) mass is 159 g/mol. The van der Waals surface area contributed by atoms with E-state index in [2.05, 4.69) is 12.2 Å². The van der Waals surface area contributed by atoms with E-state index in [1.165, 1.54) is 0 Å². The molecular weight excluding hydrogens is 149 g/mol. The zero-order valence-electron chi connectivity index (χ0n) is 7.00. The highest BCUT2D eigenvalue weighted by molar-refractivity contribution is 6.32. The smallest absolute Gasteiger partial charge is 0.142 e. The molecular formula is C9H10BNO. The molecule has 1 N–H and O–H groups in total. The minimum Gasteiger partial charge on any atom is -0.489 e. The SMILES string of the molecule is [B]c1ccc2c(c1)NC(C)CO2. The van der Waals surface area contributed by atoms with Crippen molar-refractivity contribution in [2.45, 2.75) is 13.0 Å². The molecule has 0 saturated carbocycles. The van der Waals surface area contributed by atoms with Gasteiger partial charge in [0.2, 0.25) is 0 Å². The van der Waals surface area contributed by atoms with E-state index < -0.39 is 0 Å². The molecule has 0 aromatic heterocycles. The summed E-state index contributed by atoms with van der Waals surface area (Å²) in [6, 6.07) is 5.99. The standard InChI is InChI=1S/C9H10BNO/c1-6-5-12-9-3-2-7(10)4-8(9)11-6/h2-4,6,11H,5H2,1H3. The average Bonchev–Trinajstić information content (AvgIpc) is 2.03. The van der Waals surface area contributed by atoms with Gasteiger partial charge in [0.15, 0.2) is 0 Å². The van der Waals surface area contributed by atoms with Gasteiger partial charge in [-0.1, -0.05) is 11.5 Å². The van der Waals surface area contributed by atoms with Gasteiger partial charge in [-0.3, -0.25) is 0 Å². The fourth-order valence-electron chi connectivity index (χ4n) is 1.31. The second-order valence-electron chi connectivity index (χ2n) is 3.11. The number of benzene rings is 1. The Kier molecular flexibility index (Phi) is 1.72. The van der Waals surface area contributed by atoms with E-state index in [-0.39, 0.29) is 0 Å². The Hall–Kier alpha value is -1.12. The summed E-state index contributed by atoms with van der Waals surface area (Å²) >= 11 is 0. The highest BCUT2D eigenvalue weighted by Gasteiger charge is 2.13. The maximum absolute atomic E-state index is 5.63. The fourth-order valence-corrected chi connectivity index (χ4v) is 1.31. The maximum Gasteiger partial charge on any atom is 0.142 e. The van der Waals surface area contributed by atoms with E-state index in [4.69, 9.17) is 12.6 Å². The van der Waals surface area contributed by atoms with Gasteiger partial charge in [-0.05, 0) is 19.1 Å². The molecule has 12 heavy (non-hydrogen) atoms. The maximum atomic E-state index is 5.63. The van der Waals surface area contributed by atoms with Crippen molar-refractivity contribution in [1.82, 2.24) is 0 Å². The lowest BCUT2D eigenvalue weighted by Crippen LogP contribution is -2.28. The Labute approximate surface area is 73.3 Å². The van der Waals surface area contributed by atoms with Gasteiger partial charge in [0, 0.05) is 0 Å². The van der Waals surface area contributed by atoms with Crippen molar-refractivity contribution in [2.24, 2.45) is 0 Å². The van der Waals surface area contributed by atoms with E-state index >= 15 is 0 Å². The Balaban J connectivity index is 2.37. The van der Waals surface area contributed by atoms with Gasteiger partial charge in [-0.15, -0.1) is 0 Å². The molecule has 3 heteroatoms. The van der Waals surface area contributed by atoms with Crippen LogP contribution < -0.4 is 15.5 Å². The lowest BCUT2D eigenvalue weighted by molar-refractivity contribution is 0.292. The highest BCUT2D eigenvalue weighted by atomic mass is 16.5. The molecule has 1 heterocycles. The van der Waals surface area contributed by atoms with Crippen LogP contribution in [0.1, 0.15) is 6.92 Å². The van der Waals surface area contributed by atoms with Crippen LogP contribution in [0.5, 0.6) is 5.75 Å². The quantitative estimate of drug-likeness (QED) is 0.561. The summed E-state index contributed by atoms with van der Waals surface area (Å²) in [5.74, 6) is 0.891. The molecule has 1 aliphatic rings. The molecule has 1 aliphatic heterocycles. The largest absolute Gasteiger partial charge is 0.489 e. The number of rotatable bonds is 0. The van der Waals surface area contributed by atoms with Crippen LogP contribution in [0.3, 0.4) is 0 Å². The fraction of sp³-hybridized carbons (Fsp3) is 0.333. The van der Waals surface area contributed by atoms with Crippen LogP contribution in [0.2, 0.25) is 0 Å². The third-order valence-corrected chi connectivity index (χ3v) is 1.89. The lowest BCUT2D eigenvalue weighted by atomic mass is 9.95. The Morgan fingerprint density at radius 1 is 1.58 bits per heavy atom. The van der Waals surface area contributed by atoms with Gasteiger partial charge in [-0.25, -0.2) is 0 Å². The molecule has 0 spiro atoms. The third-order valence-electron chi connectivity index (χ3n) is 1.89. The van der Waals surface area contributed by atoms with Crippen LogP contribution in [0.15, 0.2) is 18.2 Å². The number of fused-ring (bicyclic) bond motifs is 1. The molecule has 1 atom stereocenters.